The van der Waals surface area contributed by atoms with Gasteiger partial charge in [0.05, 0.1) is 28.8 Å². The fourth-order valence-electron chi connectivity index (χ4n) is 2.63. The van der Waals surface area contributed by atoms with E-state index in [-0.39, 0.29) is 0 Å². The Balaban J connectivity index is 1.81. The summed E-state index contributed by atoms with van der Waals surface area (Å²) < 4.78 is 5.31. The van der Waals surface area contributed by atoms with Crippen LogP contribution in [-0.4, -0.2) is 37.2 Å². The first kappa shape index (κ1) is 15.2. The summed E-state index contributed by atoms with van der Waals surface area (Å²) in [6.45, 7) is 2.64. The molecule has 1 aliphatic heterocycles. The minimum atomic E-state index is 0.321. The van der Waals surface area contributed by atoms with Crippen LogP contribution in [0.15, 0.2) is 35.9 Å². The van der Waals surface area contributed by atoms with Crippen LogP contribution in [-0.2, 0) is 6.42 Å². The Morgan fingerprint density at radius 3 is 3.04 bits per heavy atom. The fraction of sp³-hybridized carbons (Fsp3) is 0.267. The molecule has 4 rings (SSSR count). The van der Waals surface area contributed by atoms with Crippen molar-refractivity contribution in [2.75, 3.05) is 11.9 Å². The van der Waals surface area contributed by atoms with Gasteiger partial charge in [-0.15, -0.1) is 0 Å². The van der Waals surface area contributed by atoms with Crippen molar-refractivity contribution >= 4 is 23.4 Å². The first-order valence-corrected chi connectivity index (χ1v) is 8.53. The van der Waals surface area contributed by atoms with Crippen LogP contribution in [0.3, 0.4) is 0 Å². The molecule has 8 nitrogen and oxygen atoms in total. The SMILES string of the molecule is CC1C=C(Nc2nc(CCN)cn3c(-c4cn[nH]c4)cnc23)SN1. The maximum Gasteiger partial charge on any atom is 0.180 e. The van der Waals surface area contributed by atoms with Crippen LogP contribution in [0, 0.1) is 0 Å². The van der Waals surface area contributed by atoms with Gasteiger partial charge >= 0.3 is 0 Å². The van der Waals surface area contributed by atoms with Gasteiger partial charge in [0.15, 0.2) is 11.5 Å². The molecule has 0 aliphatic carbocycles. The van der Waals surface area contributed by atoms with Gasteiger partial charge in [0.2, 0.25) is 0 Å². The first-order valence-electron chi connectivity index (χ1n) is 7.72. The molecule has 0 saturated carbocycles. The third-order valence-corrected chi connectivity index (χ3v) is 4.68. The number of imidazole rings is 1. The lowest BCUT2D eigenvalue weighted by Crippen LogP contribution is -2.09. The number of aromatic amines is 1. The molecule has 24 heavy (non-hydrogen) atoms. The van der Waals surface area contributed by atoms with Crippen molar-refractivity contribution in [2.24, 2.45) is 5.73 Å². The number of nitrogens with zero attached hydrogens (tertiary/aromatic N) is 4. The smallest absolute Gasteiger partial charge is 0.180 e. The molecule has 5 N–H and O–H groups in total. The highest BCUT2D eigenvalue weighted by Crippen LogP contribution is 2.27. The van der Waals surface area contributed by atoms with Gasteiger partial charge in [-0.1, -0.05) is 0 Å². The van der Waals surface area contributed by atoms with Crippen molar-refractivity contribution in [2.45, 2.75) is 19.4 Å². The molecule has 0 spiro atoms. The summed E-state index contributed by atoms with van der Waals surface area (Å²) in [6.07, 6.45) is 10.3. The number of anilines is 1. The number of rotatable bonds is 5. The van der Waals surface area contributed by atoms with Gasteiger partial charge in [0, 0.05) is 30.4 Å². The number of nitrogens with one attached hydrogen (secondary N) is 3. The zero-order valence-corrected chi connectivity index (χ0v) is 14.0. The number of hydrogen-bond acceptors (Lipinski definition) is 7. The topological polar surface area (TPSA) is 109 Å². The van der Waals surface area contributed by atoms with Gasteiger partial charge in [-0.2, -0.15) is 5.10 Å². The second-order valence-electron chi connectivity index (χ2n) is 5.61. The number of aromatic nitrogens is 5. The Kier molecular flexibility index (Phi) is 3.97. The number of H-pyrrole nitrogens is 1. The molecule has 0 fully saturated rings. The second kappa shape index (κ2) is 6.27. The van der Waals surface area contributed by atoms with Crippen molar-refractivity contribution in [3.63, 3.8) is 0 Å². The third-order valence-electron chi connectivity index (χ3n) is 3.73. The molecule has 1 unspecified atom stereocenters. The van der Waals surface area contributed by atoms with Gasteiger partial charge < -0.3 is 11.1 Å². The van der Waals surface area contributed by atoms with Crippen molar-refractivity contribution in [1.29, 1.82) is 0 Å². The molecule has 0 saturated heterocycles. The Bertz CT molecular complexity index is 882. The number of fused-ring (bicyclic) bond motifs is 1. The maximum atomic E-state index is 5.72. The van der Waals surface area contributed by atoms with Crippen molar-refractivity contribution in [1.82, 2.24) is 29.3 Å². The van der Waals surface area contributed by atoms with Crippen LogP contribution in [0.5, 0.6) is 0 Å². The predicted molar refractivity (Wildman–Crippen MR) is 95.2 cm³/mol. The number of nitrogens with two attached hydrogens (primary N) is 1. The largest absolute Gasteiger partial charge is 0.331 e. The molecular formula is C15H18N8S. The summed E-state index contributed by atoms with van der Waals surface area (Å²) in [7, 11) is 0. The van der Waals surface area contributed by atoms with Gasteiger partial charge in [-0.25, -0.2) is 9.97 Å². The van der Waals surface area contributed by atoms with E-state index in [9.17, 15) is 0 Å². The molecule has 0 aromatic carbocycles. The first-order chi connectivity index (χ1) is 11.7. The highest BCUT2D eigenvalue weighted by Gasteiger charge is 2.17. The van der Waals surface area contributed by atoms with E-state index in [0.29, 0.717) is 19.0 Å². The lowest BCUT2D eigenvalue weighted by molar-refractivity contribution is 0.867. The highest BCUT2D eigenvalue weighted by atomic mass is 32.2. The molecule has 0 bridgehead atoms. The molecule has 3 aromatic heterocycles. The summed E-state index contributed by atoms with van der Waals surface area (Å²) in [6, 6.07) is 0.321. The van der Waals surface area contributed by atoms with Crippen LogP contribution in [0.25, 0.3) is 16.9 Å². The van der Waals surface area contributed by atoms with E-state index in [1.807, 2.05) is 23.0 Å². The Labute approximate surface area is 143 Å². The average molecular weight is 342 g/mol. The zero-order chi connectivity index (χ0) is 16.5. The van der Waals surface area contributed by atoms with Crippen LogP contribution >= 0.6 is 11.9 Å². The van der Waals surface area contributed by atoms with Crippen LogP contribution in [0.2, 0.25) is 0 Å². The normalized spacial score (nSPS) is 17.4. The van der Waals surface area contributed by atoms with Crippen molar-refractivity contribution in [3.05, 3.63) is 41.6 Å². The third kappa shape index (κ3) is 2.77. The van der Waals surface area contributed by atoms with E-state index < -0.39 is 0 Å². The molecular weight excluding hydrogens is 324 g/mol. The summed E-state index contributed by atoms with van der Waals surface area (Å²) in [5.41, 5.74) is 9.34. The minimum Gasteiger partial charge on any atom is -0.331 e. The van der Waals surface area contributed by atoms with Crippen molar-refractivity contribution < 1.29 is 0 Å². The highest BCUT2D eigenvalue weighted by molar-refractivity contribution is 8.01. The maximum absolute atomic E-state index is 5.72. The summed E-state index contributed by atoms with van der Waals surface area (Å²) in [5, 5.41) is 11.3. The quantitative estimate of drug-likeness (QED) is 0.520. The molecule has 0 amide bonds. The number of hydrogen-bond donors (Lipinski definition) is 4. The standard InChI is InChI=1S/C15H18N8S/c1-9-4-13(24-22-9)21-14-15-17-7-12(10-5-18-19-6-10)23(15)8-11(20-14)2-3-16/h4-9,22H,2-3,16H2,1H3,(H,18,19)(H,20,21). The molecule has 3 aromatic rings. The van der Waals surface area contributed by atoms with E-state index >= 15 is 0 Å². The van der Waals surface area contributed by atoms with Gasteiger partial charge in [-0.3, -0.25) is 14.2 Å². The van der Waals surface area contributed by atoms with E-state index in [0.717, 1.165) is 33.4 Å². The van der Waals surface area contributed by atoms with Crippen molar-refractivity contribution in [3.8, 4) is 11.3 Å². The van der Waals surface area contributed by atoms with E-state index in [2.05, 4.69) is 38.2 Å². The lowest BCUT2D eigenvalue weighted by Gasteiger charge is -2.10. The Morgan fingerprint density at radius 2 is 2.33 bits per heavy atom. The average Bonchev–Trinajstić information content (AvgIpc) is 3.28. The lowest BCUT2D eigenvalue weighted by atomic mass is 10.2. The van der Waals surface area contributed by atoms with E-state index in [1.54, 1.807) is 18.1 Å². The molecule has 9 heteroatoms. The predicted octanol–water partition coefficient (Wildman–Crippen LogP) is 1.51. The van der Waals surface area contributed by atoms with E-state index in [4.69, 9.17) is 10.7 Å². The Hall–Kier alpha value is -2.36. The molecule has 1 aliphatic rings. The Morgan fingerprint density at radius 1 is 1.42 bits per heavy atom. The van der Waals surface area contributed by atoms with Crippen LogP contribution in [0.1, 0.15) is 12.6 Å². The van der Waals surface area contributed by atoms with Gasteiger partial charge in [-0.05, 0) is 31.5 Å². The minimum absolute atomic E-state index is 0.321. The van der Waals surface area contributed by atoms with Crippen LogP contribution in [0.4, 0.5) is 5.82 Å². The van der Waals surface area contributed by atoms with E-state index in [1.165, 1.54) is 0 Å². The molecule has 0 radical (unpaired) electrons. The molecule has 4 heterocycles. The summed E-state index contributed by atoms with van der Waals surface area (Å²) in [5.74, 6) is 0.727. The van der Waals surface area contributed by atoms with Gasteiger partial charge in [0.1, 0.15) is 0 Å². The second-order valence-corrected chi connectivity index (χ2v) is 6.49. The zero-order valence-electron chi connectivity index (χ0n) is 13.2. The molecule has 124 valence electrons. The monoisotopic (exact) mass is 342 g/mol. The summed E-state index contributed by atoms with van der Waals surface area (Å²) >= 11 is 1.56. The summed E-state index contributed by atoms with van der Waals surface area (Å²) in [4.78, 5) is 9.24. The van der Waals surface area contributed by atoms with Crippen LogP contribution < -0.4 is 15.8 Å². The van der Waals surface area contributed by atoms with Gasteiger partial charge in [0.25, 0.3) is 0 Å². The molecule has 1 atom stereocenters. The fourth-order valence-corrected chi connectivity index (χ4v) is 3.43.